The molecule has 3 aromatic rings. The van der Waals surface area contributed by atoms with Gasteiger partial charge in [0, 0.05) is 25.5 Å². The number of aromatic nitrogens is 4. The molecule has 1 aliphatic rings. The number of nitrogens with one attached hydrogen (secondary N) is 2. The summed E-state index contributed by atoms with van der Waals surface area (Å²) in [6.07, 6.45) is -0.472. The quantitative estimate of drug-likeness (QED) is 0.420. The Kier molecular flexibility index (Phi) is 8.03. The van der Waals surface area contributed by atoms with Gasteiger partial charge in [0.1, 0.15) is 36.2 Å². The number of carbonyl (C=O) groups is 2. The number of pyridine rings is 1. The van der Waals surface area contributed by atoms with Gasteiger partial charge in [0.2, 0.25) is 11.9 Å². The first-order valence-corrected chi connectivity index (χ1v) is 11.8. The summed E-state index contributed by atoms with van der Waals surface area (Å²) in [6, 6.07) is 10.1. The highest BCUT2D eigenvalue weighted by atomic mass is 19.1. The van der Waals surface area contributed by atoms with Gasteiger partial charge in [0.25, 0.3) is 5.91 Å². The van der Waals surface area contributed by atoms with Crippen LogP contribution in [0.15, 0.2) is 42.9 Å². The Morgan fingerprint density at radius 1 is 1.26 bits per heavy atom. The minimum Gasteiger partial charge on any atom is -0.486 e. The number of likely N-dealkylation sites (tertiary alicyclic amines) is 1. The number of hydrogen-bond donors (Lipinski definition) is 3. The molecule has 196 valence electrons. The fourth-order valence-electron chi connectivity index (χ4n) is 3.85. The van der Waals surface area contributed by atoms with Crippen molar-refractivity contribution < 1.29 is 23.8 Å². The first-order valence-electron chi connectivity index (χ1n) is 11.8. The molecule has 0 radical (unpaired) electrons. The first kappa shape index (κ1) is 26.4. The minimum absolute atomic E-state index is 0.171. The van der Waals surface area contributed by atoms with Gasteiger partial charge < -0.3 is 25.4 Å². The first-order chi connectivity index (χ1) is 18.2. The molecule has 3 N–H and O–H groups in total. The van der Waals surface area contributed by atoms with E-state index in [1.54, 1.807) is 24.3 Å². The Labute approximate surface area is 217 Å². The van der Waals surface area contributed by atoms with E-state index < -0.39 is 24.3 Å². The lowest BCUT2D eigenvalue weighted by Gasteiger charge is -2.35. The summed E-state index contributed by atoms with van der Waals surface area (Å²) in [7, 11) is 0. The Morgan fingerprint density at radius 3 is 2.74 bits per heavy atom. The summed E-state index contributed by atoms with van der Waals surface area (Å²) >= 11 is 0. The normalized spacial score (nSPS) is 17.7. The number of carbonyl (C=O) groups excluding carboxylic acids is 2. The summed E-state index contributed by atoms with van der Waals surface area (Å²) in [6.45, 7) is 2.77. The van der Waals surface area contributed by atoms with E-state index >= 15 is 0 Å². The molecule has 1 unspecified atom stereocenters. The molecule has 13 heteroatoms. The Morgan fingerprint density at radius 2 is 2.08 bits per heavy atom. The molecule has 3 heterocycles. The van der Waals surface area contributed by atoms with Crippen LogP contribution >= 0.6 is 0 Å². The molecular weight excluding hydrogens is 495 g/mol. The van der Waals surface area contributed by atoms with Gasteiger partial charge >= 0.3 is 0 Å². The molecule has 12 nitrogen and oxygen atoms in total. The van der Waals surface area contributed by atoms with Crippen LogP contribution in [0, 0.1) is 11.3 Å². The summed E-state index contributed by atoms with van der Waals surface area (Å²) in [5.74, 6) is 0.383. The van der Waals surface area contributed by atoms with Gasteiger partial charge in [-0.2, -0.15) is 10.2 Å². The number of aliphatic hydroxyl groups excluding tert-OH is 1. The second kappa shape index (κ2) is 11.6. The maximum absolute atomic E-state index is 14.7. The van der Waals surface area contributed by atoms with Crippen LogP contribution < -0.4 is 15.4 Å². The number of piperidine rings is 1. The molecule has 4 rings (SSSR count). The number of aliphatic hydroxyl groups is 1. The molecule has 0 aliphatic carbocycles. The van der Waals surface area contributed by atoms with Crippen LogP contribution in [0.5, 0.6) is 5.75 Å². The van der Waals surface area contributed by atoms with Crippen molar-refractivity contribution in [3.63, 3.8) is 0 Å². The van der Waals surface area contributed by atoms with E-state index in [9.17, 15) is 24.3 Å². The Hall–Kier alpha value is -4.70. The largest absolute Gasteiger partial charge is 0.486 e. The average molecular weight is 521 g/mol. The average Bonchev–Trinajstić information content (AvgIpc) is 2.90. The number of nitriles is 1. The standard InChI is InChI=1S/C25H25FN8O4/c1-14(35)24(37)34-8-7-21(19(26)12-34)38-20-5-3-16(9-17(20)10-27)23-29-13-30-25(33-23)32-18-4-6-22(28-11-18)31-15(2)36/h3-6,9,11,13-14,19,21,35H,7-8,12H2,1-2H3,(H,28,31,36)(H,29,30,32,33)/t14?,19-,21+/m1/s1. The van der Waals surface area contributed by atoms with Crippen molar-refractivity contribution in [3.05, 3.63) is 48.4 Å². The van der Waals surface area contributed by atoms with E-state index in [2.05, 4.69) is 36.6 Å². The maximum atomic E-state index is 14.7. The van der Waals surface area contributed by atoms with Crippen molar-refractivity contribution >= 4 is 29.3 Å². The third kappa shape index (κ3) is 6.34. The summed E-state index contributed by atoms with van der Waals surface area (Å²) < 4.78 is 20.6. The van der Waals surface area contributed by atoms with E-state index in [4.69, 9.17) is 4.74 Å². The fraction of sp³-hybridized carbons (Fsp3) is 0.320. The van der Waals surface area contributed by atoms with Gasteiger partial charge in [-0.3, -0.25) is 9.59 Å². The zero-order valence-corrected chi connectivity index (χ0v) is 20.6. The zero-order chi connectivity index (χ0) is 27.2. The number of alkyl halides is 1. The molecule has 2 aromatic heterocycles. The molecule has 2 amide bonds. The van der Waals surface area contributed by atoms with E-state index in [0.29, 0.717) is 22.9 Å². The summed E-state index contributed by atoms with van der Waals surface area (Å²) in [5.41, 5.74) is 1.28. The molecular formula is C25H25FN8O4. The molecule has 1 aliphatic heterocycles. The van der Waals surface area contributed by atoms with E-state index in [-0.39, 0.29) is 42.7 Å². The van der Waals surface area contributed by atoms with Crippen LogP contribution in [0.2, 0.25) is 0 Å². The molecule has 0 bridgehead atoms. The summed E-state index contributed by atoms with van der Waals surface area (Å²) in [5, 5.41) is 24.7. The lowest BCUT2D eigenvalue weighted by atomic mass is 10.0. The zero-order valence-electron chi connectivity index (χ0n) is 20.6. The lowest BCUT2D eigenvalue weighted by molar-refractivity contribution is -0.143. The molecule has 1 aromatic carbocycles. The molecule has 0 spiro atoms. The van der Waals surface area contributed by atoms with Crippen molar-refractivity contribution in [1.82, 2.24) is 24.8 Å². The van der Waals surface area contributed by atoms with Gasteiger partial charge in [0.15, 0.2) is 12.0 Å². The third-order valence-corrected chi connectivity index (χ3v) is 5.68. The highest BCUT2D eigenvalue weighted by molar-refractivity contribution is 5.87. The fourth-order valence-corrected chi connectivity index (χ4v) is 3.85. The van der Waals surface area contributed by atoms with Gasteiger partial charge in [-0.05, 0) is 37.3 Å². The molecule has 1 saturated heterocycles. The van der Waals surface area contributed by atoms with Crippen molar-refractivity contribution in [3.8, 4) is 23.2 Å². The van der Waals surface area contributed by atoms with Crippen LogP contribution in [-0.2, 0) is 9.59 Å². The molecule has 0 saturated carbocycles. The third-order valence-electron chi connectivity index (χ3n) is 5.68. The van der Waals surface area contributed by atoms with E-state index in [1.807, 2.05) is 0 Å². The molecule has 1 fully saturated rings. The number of anilines is 3. The number of rotatable bonds is 7. The van der Waals surface area contributed by atoms with Gasteiger partial charge in [-0.1, -0.05) is 0 Å². The van der Waals surface area contributed by atoms with Crippen LogP contribution in [0.1, 0.15) is 25.8 Å². The van der Waals surface area contributed by atoms with Gasteiger partial charge in [0.05, 0.1) is 24.0 Å². The van der Waals surface area contributed by atoms with Crippen molar-refractivity contribution in [2.75, 3.05) is 23.7 Å². The second-order valence-corrected chi connectivity index (χ2v) is 8.61. The maximum Gasteiger partial charge on any atom is 0.251 e. The van der Waals surface area contributed by atoms with E-state index in [0.717, 1.165) is 0 Å². The second-order valence-electron chi connectivity index (χ2n) is 8.61. The number of amides is 2. The number of benzene rings is 1. The van der Waals surface area contributed by atoms with Crippen LogP contribution in [0.25, 0.3) is 11.4 Å². The van der Waals surface area contributed by atoms with Gasteiger partial charge in [-0.25, -0.2) is 19.3 Å². The number of hydrogen-bond acceptors (Lipinski definition) is 10. The number of nitrogens with zero attached hydrogens (tertiary/aromatic N) is 6. The lowest BCUT2D eigenvalue weighted by Crippen LogP contribution is -2.51. The van der Waals surface area contributed by atoms with Crippen LogP contribution in [-0.4, -0.2) is 73.2 Å². The monoisotopic (exact) mass is 520 g/mol. The minimum atomic E-state index is -1.48. The Balaban J connectivity index is 1.45. The SMILES string of the molecule is CC(=O)Nc1ccc(Nc2ncnc(-c3ccc(O[C@H]4CCN(C(=O)C(C)O)C[C@H]4F)c(C#N)c3)n2)cn1. The van der Waals surface area contributed by atoms with Crippen LogP contribution in [0.4, 0.5) is 21.8 Å². The highest BCUT2D eigenvalue weighted by Gasteiger charge is 2.34. The van der Waals surface area contributed by atoms with Crippen molar-refractivity contribution in [2.24, 2.45) is 0 Å². The van der Waals surface area contributed by atoms with Crippen molar-refractivity contribution in [2.45, 2.75) is 38.6 Å². The van der Waals surface area contributed by atoms with E-state index in [1.165, 1.54) is 37.3 Å². The van der Waals surface area contributed by atoms with Crippen LogP contribution in [0.3, 0.4) is 0 Å². The summed E-state index contributed by atoms with van der Waals surface area (Å²) in [4.78, 5) is 41.1. The number of halogens is 1. The highest BCUT2D eigenvalue weighted by Crippen LogP contribution is 2.28. The Bertz CT molecular complexity index is 1360. The predicted octanol–water partition coefficient (Wildman–Crippen LogP) is 2.21. The molecule has 3 atom stereocenters. The smallest absolute Gasteiger partial charge is 0.251 e. The molecule has 38 heavy (non-hydrogen) atoms. The van der Waals surface area contributed by atoms with Gasteiger partial charge in [-0.15, -0.1) is 0 Å². The van der Waals surface area contributed by atoms with Crippen molar-refractivity contribution in [1.29, 1.82) is 5.26 Å². The topological polar surface area (TPSA) is 166 Å². The number of ether oxygens (including phenoxy) is 1. The predicted molar refractivity (Wildman–Crippen MR) is 134 cm³/mol.